The largest absolute Gasteiger partial charge is 0.370 e. The highest BCUT2D eigenvalue weighted by atomic mass is 16.1. The third-order valence-electron chi connectivity index (χ3n) is 4.26. The molecular weight excluding hydrogens is 234 g/mol. The highest BCUT2D eigenvalue weighted by Crippen LogP contribution is 2.28. The lowest BCUT2D eigenvalue weighted by molar-refractivity contribution is -0.118. The molecular formula is C17H35NO. The smallest absolute Gasteiger partial charge is 0.217 e. The lowest BCUT2D eigenvalue weighted by Gasteiger charge is -2.24. The predicted octanol–water partition coefficient (Wildman–Crippen LogP) is 5.05. The van der Waals surface area contributed by atoms with Crippen LogP contribution in [0.3, 0.4) is 0 Å². The monoisotopic (exact) mass is 269 g/mol. The normalized spacial score (nSPS) is 14.3. The van der Waals surface area contributed by atoms with Crippen LogP contribution in [0.4, 0.5) is 0 Å². The number of carbonyl (C=O) groups excluding carboxylic acids is 1. The van der Waals surface area contributed by atoms with Crippen molar-refractivity contribution in [3.63, 3.8) is 0 Å². The van der Waals surface area contributed by atoms with Crippen molar-refractivity contribution in [2.75, 3.05) is 0 Å². The van der Waals surface area contributed by atoms with Gasteiger partial charge in [0, 0.05) is 6.42 Å². The minimum atomic E-state index is -0.140. The highest BCUT2D eigenvalue weighted by molar-refractivity contribution is 5.73. The van der Waals surface area contributed by atoms with Gasteiger partial charge in [-0.2, -0.15) is 0 Å². The Hall–Kier alpha value is -0.530. The van der Waals surface area contributed by atoms with Gasteiger partial charge < -0.3 is 5.73 Å². The van der Waals surface area contributed by atoms with E-state index >= 15 is 0 Å². The number of carbonyl (C=O) groups is 1. The van der Waals surface area contributed by atoms with Gasteiger partial charge >= 0.3 is 0 Å². The summed E-state index contributed by atoms with van der Waals surface area (Å²) in [6.45, 7) is 6.86. The van der Waals surface area contributed by atoms with Crippen LogP contribution >= 0.6 is 0 Å². The molecule has 2 N–H and O–H groups in total. The van der Waals surface area contributed by atoms with Gasteiger partial charge in [-0.3, -0.25) is 4.79 Å². The molecule has 0 aromatic rings. The van der Waals surface area contributed by atoms with E-state index in [9.17, 15) is 4.79 Å². The van der Waals surface area contributed by atoms with Crippen molar-refractivity contribution in [3.8, 4) is 0 Å². The summed E-state index contributed by atoms with van der Waals surface area (Å²) in [7, 11) is 0. The van der Waals surface area contributed by atoms with Crippen molar-refractivity contribution in [3.05, 3.63) is 0 Å². The first-order valence-electron chi connectivity index (χ1n) is 8.40. The Balaban J connectivity index is 4.02. The number of hydrogen-bond acceptors (Lipinski definition) is 1. The van der Waals surface area contributed by atoms with Gasteiger partial charge in [0.1, 0.15) is 0 Å². The molecule has 0 aliphatic rings. The zero-order chi connectivity index (χ0) is 14.5. The Morgan fingerprint density at radius 2 is 1.47 bits per heavy atom. The second-order valence-corrected chi connectivity index (χ2v) is 6.09. The Morgan fingerprint density at radius 1 is 0.895 bits per heavy atom. The minimum absolute atomic E-state index is 0.140. The molecule has 2 nitrogen and oxygen atoms in total. The van der Waals surface area contributed by atoms with Crippen LogP contribution in [0, 0.1) is 11.8 Å². The van der Waals surface area contributed by atoms with E-state index in [-0.39, 0.29) is 5.91 Å². The first-order chi connectivity index (χ1) is 9.11. The zero-order valence-electron chi connectivity index (χ0n) is 13.4. The molecule has 0 fully saturated rings. The second-order valence-electron chi connectivity index (χ2n) is 6.09. The summed E-state index contributed by atoms with van der Waals surface area (Å²) in [6.07, 6.45) is 13.4. The summed E-state index contributed by atoms with van der Waals surface area (Å²) in [4.78, 5) is 11.0. The molecule has 1 amide bonds. The predicted molar refractivity (Wildman–Crippen MR) is 84.0 cm³/mol. The van der Waals surface area contributed by atoms with Crippen LogP contribution < -0.4 is 5.73 Å². The summed E-state index contributed by atoms with van der Waals surface area (Å²) < 4.78 is 0. The van der Waals surface area contributed by atoms with Crippen LogP contribution in [0.2, 0.25) is 0 Å². The van der Waals surface area contributed by atoms with Crippen LogP contribution in [0.25, 0.3) is 0 Å². The molecule has 0 aromatic carbocycles. The standard InChI is InChI=1S/C17H35NO/c1-4-6-8-10-12-16(13-14-17(18)19)15(3)11-9-7-5-2/h15-16H,4-14H2,1-3H3,(H2,18,19). The number of rotatable bonds is 13. The topological polar surface area (TPSA) is 43.1 Å². The first-order valence-corrected chi connectivity index (χ1v) is 8.40. The number of unbranched alkanes of at least 4 members (excludes halogenated alkanes) is 5. The summed E-state index contributed by atoms with van der Waals surface area (Å²) >= 11 is 0. The van der Waals surface area contributed by atoms with Crippen molar-refractivity contribution in [1.29, 1.82) is 0 Å². The molecule has 0 rings (SSSR count). The molecule has 0 aromatic heterocycles. The quantitative estimate of drug-likeness (QED) is 0.467. The zero-order valence-corrected chi connectivity index (χ0v) is 13.4. The fourth-order valence-corrected chi connectivity index (χ4v) is 2.83. The molecule has 0 saturated heterocycles. The van der Waals surface area contributed by atoms with E-state index in [2.05, 4.69) is 20.8 Å². The van der Waals surface area contributed by atoms with E-state index in [1.165, 1.54) is 57.8 Å². The molecule has 0 aliphatic carbocycles. The fraction of sp³-hybridized carbons (Fsp3) is 0.941. The van der Waals surface area contributed by atoms with E-state index in [0.717, 1.165) is 12.3 Å². The molecule has 0 aliphatic heterocycles. The van der Waals surface area contributed by atoms with Crippen LogP contribution in [0.15, 0.2) is 0 Å². The minimum Gasteiger partial charge on any atom is -0.370 e. The maximum Gasteiger partial charge on any atom is 0.217 e. The molecule has 2 atom stereocenters. The van der Waals surface area contributed by atoms with Gasteiger partial charge in [0.05, 0.1) is 0 Å². The fourth-order valence-electron chi connectivity index (χ4n) is 2.83. The average molecular weight is 269 g/mol. The van der Waals surface area contributed by atoms with Gasteiger partial charge in [-0.05, 0) is 18.3 Å². The SMILES string of the molecule is CCCCCCC(CCC(N)=O)C(C)CCCCC. The molecule has 0 heterocycles. The van der Waals surface area contributed by atoms with E-state index < -0.39 is 0 Å². The average Bonchev–Trinajstić information content (AvgIpc) is 2.37. The third-order valence-corrected chi connectivity index (χ3v) is 4.26. The lowest BCUT2D eigenvalue weighted by Crippen LogP contribution is -2.17. The van der Waals surface area contributed by atoms with Crippen molar-refractivity contribution >= 4 is 5.91 Å². The molecule has 2 heteroatoms. The summed E-state index contributed by atoms with van der Waals surface area (Å²) in [5, 5.41) is 0. The second kappa shape index (κ2) is 12.5. The van der Waals surface area contributed by atoms with Gasteiger partial charge in [-0.15, -0.1) is 0 Å². The summed E-state index contributed by atoms with van der Waals surface area (Å²) in [5.74, 6) is 1.30. The number of hydrogen-bond donors (Lipinski definition) is 1. The van der Waals surface area contributed by atoms with Crippen molar-refractivity contribution in [1.82, 2.24) is 0 Å². The van der Waals surface area contributed by atoms with Crippen LogP contribution in [-0.2, 0) is 4.79 Å². The first kappa shape index (κ1) is 18.5. The summed E-state index contributed by atoms with van der Waals surface area (Å²) in [5.41, 5.74) is 5.30. The van der Waals surface area contributed by atoms with Gasteiger partial charge in [0.15, 0.2) is 0 Å². The van der Waals surface area contributed by atoms with E-state index in [0.29, 0.717) is 12.3 Å². The Kier molecular flexibility index (Phi) is 12.2. The van der Waals surface area contributed by atoms with E-state index in [1.54, 1.807) is 0 Å². The van der Waals surface area contributed by atoms with Gasteiger partial charge in [-0.1, -0.05) is 78.6 Å². The van der Waals surface area contributed by atoms with E-state index in [1.807, 2.05) is 0 Å². The van der Waals surface area contributed by atoms with Gasteiger partial charge in [-0.25, -0.2) is 0 Å². The maximum atomic E-state index is 11.0. The van der Waals surface area contributed by atoms with Crippen LogP contribution in [-0.4, -0.2) is 5.91 Å². The van der Waals surface area contributed by atoms with Crippen LogP contribution in [0.5, 0.6) is 0 Å². The highest BCUT2D eigenvalue weighted by Gasteiger charge is 2.17. The van der Waals surface area contributed by atoms with Crippen molar-refractivity contribution in [2.24, 2.45) is 17.6 Å². The molecule has 114 valence electrons. The van der Waals surface area contributed by atoms with Gasteiger partial charge in [0.25, 0.3) is 0 Å². The Bertz CT molecular complexity index is 215. The molecule has 0 bridgehead atoms. The number of amides is 1. The maximum absolute atomic E-state index is 11.0. The van der Waals surface area contributed by atoms with Crippen molar-refractivity contribution in [2.45, 2.75) is 91.4 Å². The molecule has 0 spiro atoms. The molecule has 0 saturated carbocycles. The van der Waals surface area contributed by atoms with E-state index in [4.69, 9.17) is 5.73 Å². The van der Waals surface area contributed by atoms with Crippen molar-refractivity contribution < 1.29 is 4.79 Å². The molecule has 0 radical (unpaired) electrons. The Labute approximate surface area is 120 Å². The Morgan fingerprint density at radius 3 is 2.05 bits per heavy atom. The number of primary amides is 1. The number of nitrogens with two attached hydrogens (primary N) is 1. The summed E-state index contributed by atoms with van der Waals surface area (Å²) in [6, 6.07) is 0. The van der Waals surface area contributed by atoms with Crippen LogP contribution in [0.1, 0.15) is 91.4 Å². The lowest BCUT2D eigenvalue weighted by atomic mass is 9.82. The molecule has 19 heavy (non-hydrogen) atoms. The van der Waals surface area contributed by atoms with Gasteiger partial charge in [0.2, 0.25) is 5.91 Å². The molecule has 2 unspecified atom stereocenters. The third kappa shape index (κ3) is 11.0.